The molecule has 3 aliphatic rings. The number of nitrogens with one attached hydrogen (secondary N) is 1. The first-order valence-electron chi connectivity index (χ1n) is 8.05. The van der Waals surface area contributed by atoms with E-state index in [0.29, 0.717) is 12.1 Å². The highest BCUT2D eigenvalue weighted by Gasteiger charge is 2.31. The van der Waals surface area contributed by atoms with Crippen molar-refractivity contribution in [1.29, 1.82) is 0 Å². The Hall–Kier alpha value is -0.160. The molecule has 4 nitrogen and oxygen atoms in total. The van der Waals surface area contributed by atoms with Gasteiger partial charge in [0.25, 0.3) is 0 Å². The summed E-state index contributed by atoms with van der Waals surface area (Å²) in [6.45, 7) is 11.3. The zero-order chi connectivity index (χ0) is 13.2. The van der Waals surface area contributed by atoms with Gasteiger partial charge in [0, 0.05) is 44.3 Å². The third-order valence-electron chi connectivity index (χ3n) is 4.97. The van der Waals surface area contributed by atoms with Crippen LogP contribution in [0.15, 0.2) is 0 Å². The molecule has 0 aromatic rings. The molecule has 2 bridgehead atoms. The average molecular weight is 267 g/mol. The molecule has 3 unspecified atom stereocenters. The Morgan fingerprint density at radius 3 is 2.79 bits per heavy atom. The van der Waals surface area contributed by atoms with Gasteiger partial charge in [-0.3, -0.25) is 9.80 Å². The molecule has 3 rings (SSSR count). The predicted molar refractivity (Wildman–Crippen MR) is 77.5 cm³/mol. The Morgan fingerprint density at radius 1 is 1.11 bits per heavy atom. The zero-order valence-corrected chi connectivity index (χ0v) is 12.5. The maximum Gasteiger partial charge on any atom is 0.0829 e. The van der Waals surface area contributed by atoms with Gasteiger partial charge >= 0.3 is 0 Å². The maximum atomic E-state index is 5.98. The fourth-order valence-electron chi connectivity index (χ4n) is 3.79. The summed E-state index contributed by atoms with van der Waals surface area (Å²) in [7, 11) is 0. The molecule has 0 aromatic carbocycles. The van der Waals surface area contributed by atoms with Crippen LogP contribution in [0, 0.1) is 0 Å². The fourth-order valence-corrected chi connectivity index (χ4v) is 3.79. The van der Waals surface area contributed by atoms with Crippen LogP contribution < -0.4 is 5.32 Å². The Labute approximate surface area is 117 Å². The third-order valence-corrected chi connectivity index (χ3v) is 4.97. The number of morpholine rings is 1. The van der Waals surface area contributed by atoms with Gasteiger partial charge in [-0.15, -0.1) is 0 Å². The summed E-state index contributed by atoms with van der Waals surface area (Å²) in [5.74, 6) is 0. The van der Waals surface area contributed by atoms with Crippen LogP contribution in [0.3, 0.4) is 0 Å². The van der Waals surface area contributed by atoms with Crippen molar-refractivity contribution < 1.29 is 4.74 Å². The molecular formula is C15H29N3O. The van der Waals surface area contributed by atoms with Crippen molar-refractivity contribution in [2.45, 2.75) is 57.3 Å². The number of nitrogens with zero attached hydrogens (tertiary/aromatic N) is 2. The van der Waals surface area contributed by atoms with Gasteiger partial charge in [-0.2, -0.15) is 0 Å². The van der Waals surface area contributed by atoms with E-state index in [9.17, 15) is 0 Å². The van der Waals surface area contributed by atoms with E-state index < -0.39 is 0 Å². The molecule has 0 aliphatic carbocycles. The minimum absolute atomic E-state index is 0.410. The second kappa shape index (κ2) is 6.08. The lowest BCUT2D eigenvalue weighted by Crippen LogP contribution is -2.50. The molecular weight excluding hydrogens is 238 g/mol. The molecule has 0 spiro atoms. The van der Waals surface area contributed by atoms with Crippen LogP contribution in [0.1, 0.15) is 33.1 Å². The molecule has 3 saturated heterocycles. The summed E-state index contributed by atoms with van der Waals surface area (Å²) in [6, 6.07) is 2.17. The van der Waals surface area contributed by atoms with Crippen LogP contribution in [-0.4, -0.2) is 73.4 Å². The average Bonchev–Trinajstić information content (AvgIpc) is 2.73. The molecule has 3 atom stereocenters. The van der Waals surface area contributed by atoms with Gasteiger partial charge in [-0.1, -0.05) is 0 Å². The summed E-state index contributed by atoms with van der Waals surface area (Å²) in [4.78, 5) is 5.18. The fraction of sp³-hybridized carbons (Fsp3) is 1.00. The van der Waals surface area contributed by atoms with E-state index in [1.165, 1.54) is 32.4 Å². The van der Waals surface area contributed by atoms with Crippen molar-refractivity contribution >= 4 is 0 Å². The lowest BCUT2D eigenvalue weighted by atomic mass is 10.1. The normalized spacial score (nSPS) is 37.7. The monoisotopic (exact) mass is 267 g/mol. The lowest BCUT2D eigenvalue weighted by Gasteiger charge is -2.38. The Kier molecular flexibility index (Phi) is 4.42. The Balaban J connectivity index is 1.50. The van der Waals surface area contributed by atoms with E-state index in [4.69, 9.17) is 4.74 Å². The SMILES string of the molecule is CC(C)N1CCOC(CN2CCC3CCC(C2)N3)C1. The minimum atomic E-state index is 0.410. The third kappa shape index (κ3) is 3.48. The highest BCUT2D eigenvalue weighted by atomic mass is 16.5. The highest BCUT2D eigenvalue weighted by Crippen LogP contribution is 2.21. The van der Waals surface area contributed by atoms with E-state index >= 15 is 0 Å². The Bertz CT molecular complexity index is 297. The van der Waals surface area contributed by atoms with E-state index in [2.05, 4.69) is 29.0 Å². The molecule has 110 valence electrons. The first kappa shape index (κ1) is 13.8. The topological polar surface area (TPSA) is 27.7 Å². The summed E-state index contributed by atoms with van der Waals surface area (Å²) < 4.78 is 5.98. The number of ether oxygens (including phenoxy) is 1. The van der Waals surface area contributed by atoms with Gasteiger partial charge in [0.15, 0.2) is 0 Å². The van der Waals surface area contributed by atoms with Crippen molar-refractivity contribution in [3.05, 3.63) is 0 Å². The smallest absolute Gasteiger partial charge is 0.0829 e. The first-order valence-corrected chi connectivity index (χ1v) is 8.05. The number of hydrogen-bond acceptors (Lipinski definition) is 4. The largest absolute Gasteiger partial charge is 0.374 e. The van der Waals surface area contributed by atoms with Crippen LogP contribution >= 0.6 is 0 Å². The van der Waals surface area contributed by atoms with Gasteiger partial charge in [0.05, 0.1) is 12.7 Å². The molecule has 0 radical (unpaired) electrons. The van der Waals surface area contributed by atoms with Crippen LogP contribution in [0.25, 0.3) is 0 Å². The van der Waals surface area contributed by atoms with Crippen molar-refractivity contribution in [1.82, 2.24) is 15.1 Å². The molecule has 3 aliphatic heterocycles. The molecule has 0 aromatic heterocycles. The summed E-state index contributed by atoms with van der Waals surface area (Å²) in [6.07, 6.45) is 4.48. The highest BCUT2D eigenvalue weighted by molar-refractivity contribution is 4.90. The first-order chi connectivity index (χ1) is 9.20. The van der Waals surface area contributed by atoms with Crippen LogP contribution in [-0.2, 0) is 4.74 Å². The summed E-state index contributed by atoms with van der Waals surface area (Å²) >= 11 is 0. The number of rotatable bonds is 3. The maximum absolute atomic E-state index is 5.98. The zero-order valence-electron chi connectivity index (χ0n) is 12.5. The molecule has 3 heterocycles. The van der Waals surface area contributed by atoms with Crippen molar-refractivity contribution in [2.75, 3.05) is 39.3 Å². The van der Waals surface area contributed by atoms with Gasteiger partial charge in [-0.05, 0) is 39.7 Å². The van der Waals surface area contributed by atoms with Gasteiger partial charge in [0.2, 0.25) is 0 Å². The molecule has 4 heteroatoms. The van der Waals surface area contributed by atoms with E-state index in [1.807, 2.05) is 0 Å². The standard InChI is InChI=1S/C15H29N3O/c1-12(2)18-7-8-19-15(11-18)10-17-6-5-13-3-4-14(9-17)16-13/h12-16H,3-11H2,1-2H3. The molecule has 3 fully saturated rings. The van der Waals surface area contributed by atoms with E-state index in [0.717, 1.165) is 38.3 Å². The quantitative estimate of drug-likeness (QED) is 0.823. The molecule has 0 saturated carbocycles. The molecule has 0 amide bonds. The van der Waals surface area contributed by atoms with Gasteiger partial charge in [0.1, 0.15) is 0 Å². The molecule has 1 N–H and O–H groups in total. The second-order valence-corrected chi connectivity index (χ2v) is 6.77. The van der Waals surface area contributed by atoms with E-state index in [1.54, 1.807) is 0 Å². The number of fused-ring (bicyclic) bond motifs is 2. The van der Waals surface area contributed by atoms with Crippen LogP contribution in [0.4, 0.5) is 0 Å². The van der Waals surface area contributed by atoms with Crippen LogP contribution in [0.5, 0.6) is 0 Å². The van der Waals surface area contributed by atoms with Gasteiger partial charge in [-0.25, -0.2) is 0 Å². The number of likely N-dealkylation sites (tertiary alicyclic amines) is 1. The predicted octanol–water partition coefficient (Wildman–Crippen LogP) is 0.922. The van der Waals surface area contributed by atoms with Crippen LogP contribution in [0.2, 0.25) is 0 Å². The van der Waals surface area contributed by atoms with Crippen molar-refractivity contribution in [3.63, 3.8) is 0 Å². The van der Waals surface area contributed by atoms with E-state index in [-0.39, 0.29) is 0 Å². The molecule has 19 heavy (non-hydrogen) atoms. The van der Waals surface area contributed by atoms with Crippen molar-refractivity contribution in [3.8, 4) is 0 Å². The second-order valence-electron chi connectivity index (χ2n) is 6.77. The number of hydrogen-bond donors (Lipinski definition) is 1. The summed E-state index contributed by atoms with van der Waals surface area (Å²) in [5, 5.41) is 3.75. The minimum Gasteiger partial charge on any atom is -0.374 e. The van der Waals surface area contributed by atoms with Gasteiger partial charge < -0.3 is 10.1 Å². The van der Waals surface area contributed by atoms with Crippen molar-refractivity contribution in [2.24, 2.45) is 0 Å². The summed E-state index contributed by atoms with van der Waals surface area (Å²) in [5.41, 5.74) is 0. The Morgan fingerprint density at radius 2 is 1.95 bits per heavy atom. The lowest BCUT2D eigenvalue weighted by molar-refractivity contribution is -0.0524.